The van der Waals surface area contributed by atoms with Gasteiger partial charge in [-0.3, -0.25) is 14.9 Å². The fourth-order valence-corrected chi connectivity index (χ4v) is 2.92. The van der Waals surface area contributed by atoms with E-state index in [9.17, 15) is 14.9 Å². The van der Waals surface area contributed by atoms with Gasteiger partial charge < -0.3 is 9.64 Å². The number of nitro groups is 1. The highest BCUT2D eigenvalue weighted by Gasteiger charge is 2.30. The molecule has 1 aromatic heterocycles. The first kappa shape index (κ1) is 21.8. The number of piperidine rings is 1. The number of hydrogen-bond donors (Lipinski definition) is 0. The molecule has 1 aliphatic rings. The smallest absolute Gasteiger partial charge is 0.329 e. The number of terminal acetylenes is 1. The largest absolute Gasteiger partial charge is 0.466 e. The van der Waals surface area contributed by atoms with E-state index in [1.165, 1.54) is 5.56 Å². The maximum Gasteiger partial charge on any atom is 0.329 e. The van der Waals surface area contributed by atoms with Gasteiger partial charge in [0.25, 0.3) is 0 Å². The van der Waals surface area contributed by atoms with E-state index in [-0.39, 0.29) is 29.2 Å². The number of ether oxygens (including phenoxy) is 1. The van der Waals surface area contributed by atoms with Crippen LogP contribution in [0.5, 0.6) is 0 Å². The van der Waals surface area contributed by atoms with Crippen molar-refractivity contribution in [3.8, 4) is 12.3 Å². The Morgan fingerprint density at radius 1 is 1.34 bits per heavy atom. The Kier molecular flexibility index (Phi) is 8.10. The van der Waals surface area contributed by atoms with E-state index in [1.807, 2.05) is 18.2 Å². The maximum atomic E-state index is 11.7. The van der Waals surface area contributed by atoms with Gasteiger partial charge in [-0.1, -0.05) is 35.9 Å². The van der Waals surface area contributed by atoms with E-state index in [1.54, 1.807) is 11.8 Å². The minimum atomic E-state index is -0.535. The number of hydrogen-bond acceptors (Lipinski definition) is 7. The number of aryl methyl sites for hydroxylation is 1. The molecule has 3 rings (SSSR count). The normalized spacial score (nSPS) is 13.6. The van der Waals surface area contributed by atoms with Gasteiger partial charge in [-0.2, -0.15) is 4.98 Å². The summed E-state index contributed by atoms with van der Waals surface area (Å²) in [6, 6.07) is 10.3. The third-order valence-electron chi connectivity index (χ3n) is 4.43. The van der Waals surface area contributed by atoms with E-state index in [0.717, 1.165) is 6.20 Å². The molecule has 152 valence electrons. The zero-order valence-corrected chi connectivity index (χ0v) is 16.6. The SMILES string of the molecule is C#Cc1ncc([N+](=O)[O-])c(N2CCC(C(=O)OCC)CC2)n1.Cc1ccccc1. The molecule has 1 aliphatic heterocycles. The van der Waals surface area contributed by atoms with Crippen LogP contribution in [0.1, 0.15) is 31.2 Å². The summed E-state index contributed by atoms with van der Waals surface area (Å²) in [6.07, 6.45) is 7.49. The van der Waals surface area contributed by atoms with Gasteiger partial charge in [-0.05, 0) is 32.6 Å². The highest BCUT2D eigenvalue weighted by Crippen LogP contribution is 2.29. The number of aromatic nitrogens is 2. The van der Waals surface area contributed by atoms with Crippen molar-refractivity contribution in [1.82, 2.24) is 9.97 Å². The third kappa shape index (κ3) is 6.28. The average molecular weight is 396 g/mol. The maximum absolute atomic E-state index is 11.7. The Hall–Kier alpha value is -3.47. The van der Waals surface area contributed by atoms with Crippen LogP contribution in [0.2, 0.25) is 0 Å². The predicted molar refractivity (Wildman–Crippen MR) is 109 cm³/mol. The molecule has 0 N–H and O–H groups in total. The molecule has 0 atom stereocenters. The molecule has 0 spiro atoms. The first-order valence-electron chi connectivity index (χ1n) is 9.37. The Morgan fingerprint density at radius 2 is 2.00 bits per heavy atom. The van der Waals surface area contributed by atoms with Crippen LogP contribution in [0.3, 0.4) is 0 Å². The zero-order chi connectivity index (χ0) is 21.2. The van der Waals surface area contributed by atoms with E-state index < -0.39 is 4.92 Å². The number of benzene rings is 1. The summed E-state index contributed by atoms with van der Waals surface area (Å²) in [4.78, 5) is 31.9. The second-order valence-corrected chi connectivity index (χ2v) is 6.47. The Morgan fingerprint density at radius 3 is 2.48 bits per heavy atom. The Bertz CT molecular complexity index is 872. The van der Waals surface area contributed by atoms with Crippen molar-refractivity contribution in [1.29, 1.82) is 0 Å². The van der Waals surface area contributed by atoms with Gasteiger partial charge in [0.15, 0.2) is 0 Å². The van der Waals surface area contributed by atoms with Crippen LogP contribution >= 0.6 is 0 Å². The summed E-state index contributed by atoms with van der Waals surface area (Å²) >= 11 is 0. The molecule has 1 aromatic carbocycles. The molecule has 0 saturated carbocycles. The fourth-order valence-electron chi connectivity index (χ4n) is 2.92. The molecule has 0 amide bonds. The number of rotatable bonds is 4. The van der Waals surface area contributed by atoms with Crippen molar-refractivity contribution in [3.63, 3.8) is 0 Å². The topological polar surface area (TPSA) is 98.5 Å². The molecule has 8 heteroatoms. The summed E-state index contributed by atoms with van der Waals surface area (Å²) in [5.41, 5.74) is 1.14. The fraction of sp³-hybridized carbons (Fsp3) is 0.381. The van der Waals surface area contributed by atoms with E-state index in [4.69, 9.17) is 11.2 Å². The van der Waals surface area contributed by atoms with Crippen molar-refractivity contribution < 1.29 is 14.5 Å². The predicted octanol–water partition coefficient (Wildman–Crippen LogP) is 3.14. The average Bonchev–Trinajstić information content (AvgIpc) is 2.74. The van der Waals surface area contributed by atoms with Crippen LogP contribution in [-0.2, 0) is 9.53 Å². The lowest BCUT2D eigenvalue weighted by atomic mass is 9.97. The quantitative estimate of drug-likeness (QED) is 0.339. The van der Waals surface area contributed by atoms with E-state index >= 15 is 0 Å². The first-order chi connectivity index (χ1) is 14.0. The number of carbonyl (C=O) groups excluding carboxylic acids is 1. The highest BCUT2D eigenvalue weighted by molar-refractivity contribution is 5.73. The molecule has 0 radical (unpaired) electrons. The van der Waals surface area contributed by atoms with Crippen molar-refractivity contribution >= 4 is 17.5 Å². The molecule has 1 saturated heterocycles. The molecular formula is C21H24N4O4. The minimum absolute atomic E-state index is 0.105. The van der Waals surface area contributed by atoms with Crippen LogP contribution in [0.15, 0.2) is 36.5 Å². The van der Waals surface area contributed by atoms with Crippen LogP contribution in [0.4, 0.5) is 11.5 Å². The third-order valence-corrected chi connectivity index (χ3v) is 4.43. The highest BCUT2D eigenvalue weighted by atomic mass is 16.6. The Labute approximate surface area is 170 Å². The van der Waals surface area contributed by atoms with Gasteiger partial charge >= 0.3 is 11.7 Å². The monoisotopic (exact) mass is 396 g/mol. The lowest BCUT2D eigenvalue weighted by Crippen LogP contribution is -2.37. The molecule has 0 unspecified atom stereocenters. The molecule has 29 heavy (non-hydrogen) atoms. The summed E-state index contributed by atoms with van der Waals surface area (Å²) in [5.74, 6) is 2.18. The van der Waals surface area contributed by atoms with Crippen molar-refractivity contribution in [2.75, 3.05) is 24.6 Å². The number of esters is 1. The summed E-state index contributed by atoms with van der Waals surface area (Å²) in [6.45, 7) is 5.15. The van der Waals surface area contributed by atoms with Crippen LogP contribution in [0, 0.1) is 35.3 Å². The molecule has 8 nitrogen and oxygen atoms in total. The number of nitrogens with zero attached hydrogens (tertiary/aromatic N) is 4. The standard InChI is InChI=1S/C14H16N4O4.C7H8/c1-3-12-15-9-11(18(20)21)13(16-12)17-7-5-10(6-8-17)14(19)22-4-2;1-7-5-3-2-4-6-7/h1,9-10H,4-8H2,2H3;2-6H,1H3. The van der Waals surface area contributed by atoms with Gasteiger partial charge in [0.1, 0.15) is 6.20 Å². The van der Waals surface area contributed by atoms with Gasteiger partial charge in [0.05, 0.1) is 17.4 Å². The molecule has 1 fully saturated rings. The second kappa shape index (κ2) is 10.8. The van der Waals surface area contributed by atoms with Gasteiger partial charge in [0, 0.05) is 13.1 Å². The molecule has 2 aromatic rings. The van der Waals surface area contributed by atoms with Gasteiger partial charge in [0.2, 0.25) is 11.6 Å². The lowest BCUT2D eigenvalue weighted by Gasteiger charge is -2.31. The molecule has 2 heterocycles. The number of anilines is 1. The van der Waals surface area contributed by atoms with Crippen LogP contribution < -0.4 is 4.90 Å². The lowest BCUT2D eigenvalue weighted by molar-refractivity contribution is -0.384. The van der Waals surface area contributed by atoms with Gasteiger partial charge in [-0.15, -0.1) is 6.42 Å². The van der Waals surface area contributed by atoms with Gasteiger partial charge in [-0.25, -0.2) is 4.98 Å². The minimum Gasteiger partial charge on any atom is -0.466 e. The second-order valence-electron chi connectivity index (χ2n) is 6.47. The zero-order valence-electron chi connectivity index (χ0n) is 16.6. The van der Waals surface area contributed by atoms with E-state index in [2.05, 4.69) is 34.9 Å². The Balaban J connectivity index is 0.000000360. The summed E-state index contributed by atoms with van der Waals surface area (Å²) in [5, 5.41) is 11.1. The summed E-state index contributed by atoms with van der Waals surface area (Å²) in [7, 11) is 0. The summed E-state index contributed by atoms with van der Waals surface area (Å²) < 4.78 is 5.00. The van der Waals surface area contributed by atoms with Crippen molar-refractivity contribution in [2.45, 2.75) is 26.7 Å². The molecule has 0 aliphatic carbocycles. The van der Waals surface area contributed by atoms with Crippen molar-refractivity contribution in [3.05, 3.63) is 58.0 Å². The van der Waals surface area contributed by atoms with E-state index in [0.29, 0.717) is 32.5 Å². The number of carbonyl (C=O) groups is 1. The first-order valence-corrected chi connectivity index (χ1v) is 9.37. The van der Waals surface area contributed by atoms with Crippen molar-refractivity contribution in [2.24, 2.45) is 5.92 Å². The molecular weight excluding hydrogens is 372 g/mol. The molecule has 0 bridgehead atoms. The van der Waals surface area contributed by atoms with Crippen LogP contribution in [-0.4, -0.2) is 40.6 Å². The van der Waals surface area contributed by atoms with Crippen LogP contribution in [0.25, 0.3) is 0 Å².